The molecule has 17 heavy (non-hydrogen) atoms. The average Bonchev–Trinajstić information content (AvgIpc) is 2.30. The van der Waals surface area contributed by atoms with Gasteiger partial charge >= 0.3 is 5.97 Å². The number of para-hydroxylation sites is 1. The normalized spacial score (nSPS) is 9.47. The van der Waals surface area contributed by atoms with E-state index in [4.69, 9.17) is 17.0 Å². The van der Waals surface area contributed by atoms with Crippen molar-refractivity contribution >= 4 is 29.0 Å². The Morgan fingerprint density at radius 2 is 2.06 bits per heavy atom. The van der Waals surface area contributed by atoms with Gasteiger partial charge in [-0.25, -0.2) is 0 Å². The number of ether oxygens (including phenoxy) is 1. The quantitative estimate of drug-likeness (QED) is 0.619. The highest BCUT2D eigenvalue weighted by Gasteiger charge is 2.01. The van der Waals surface area contributed by atoms with Crippen LogP contribution in [0.5, 0.6) is 0 Å². The molecule has 0 aromatic heterocycles. The maximum absolute atomic E-state index is 11.1. The molecule has 0 saturated carbocycles. The molecule has 0 aliphatic carbocycles. The first-order valence-electron chi connectivity index (χ1n) is 5.48. The van der Waals surface area contributed by atoms with Gasteiger partial charge in [0.2, 0.25) is 0 Å². The van der Waals surface area contributed by atoms with Crippen LogP contribution in [-0.4, -0.2) is 24.2 Å². The Balaban J connectivity index is 2.20. The zero-order valence-corrected chi connectivity index (χ0v) is 10.5. The Labute approximate surface area is 106 Å². The lowest BCUT2D eigenvalue weighted by atomic mass is 10.3. The standard InChI is InChI=1S/C12H16N2O2S/c1-2-16-11(15)8-9-13-12(17)14-10-6-4-3-5-7-10/h3-7H,2,8-9H2,1H3,(H2,13,14,17). The second-order valence-electron chi connectivity index (χ2n) is 3.30. The zero-order chi connectivity index (χ0) is 12.5. The summed E-state index contributed by atoms with van der Waals surface area (Å²) < 4.78 is 4.80. The third-order valence-corrected chi connectivity index (χ3v) is 2.20. The summed E-state index contributed by atoms with van der Waals surface area (Å²) in [6, 6.07) is 9.61. The third kappa shape index (κ3) is 5.87. The third-order valence-electron chi connectivity index (χ3n) is 1.95. The molecule has 0 atom stereocenters. The maximum atomic E-state index is 11.1. The summed E-state index contributed by atoms with van der Waals surface area (Å²) in [6.07, 6.45) is 0.310. The Morgan fingerprint density at radius 3 is 2.71 bits per heavy atom. The van der Waals surface area contributed by atoms with Gasteiger partial charge in [0, 0.05) is 12.2 Å². The summed E-state index contributed by atoms with van der Waals surface area (Å²) in [4.78, 5) is 11.1. The van der Waals surface area contributed by atoms with Crippen molar-refractivity contribution in [2.45, 2.75) is 13.3 Å². The summed E-state index contributed by atoms with van der Waals surface area (Å²) >= 11 is 5.08. The van der Waals surface area contributed by atoms with Crippen LogP contribution >= 0.6 is 12.2 Å². The second-order valence-corrected chi connectivity index (χ2v) is 3.71. The molecule has 4 nitrogen and oxygen atoms in total. The number of rotatable bonds is 5. The summed E-state index contributed by atoms with van der Waals surface area (Å²) in [7, 11) is 0. The minimum Gasteiger partial charge on any atom is -0.466 e. The van der Waals surface area contributed by atoms with Crippen LogP contribution in [-0.2, 0) is 9.53 Å². The molecule has 0 radical (unpaired) electrons. The number of hydrogen-bond acceptors (Lipinski definition) is 3. The number of nitrogens with one attached hydrogen (secondary N) is 2. The van der Waals surface area contributed by atoms with Crippen molar-refractivity contribution in [3.63, 3.8) is 0 Å². The molecule has 0 aliphatic heterocycles. The topological polar surface area (TPSA) is 50.4 Å². The molecule has 0 saturated heterocycles. The summed E-state index contributed by atoms with van der Waals surface area (Å²) in [5, 5.41) is 6.46. The van der Waals surface area contributed by atoms with E-state index in [1.54, 1.807) is 6.92 Å². The highest BCUT2D eigenvalue weighted by molar-refractivity contribution is 7.80. The van der Waals surface area contributed by atoms with Crippen molar-refractivity contribution in [2.75, 3.05) is 18.5 Å². The smallest absolute Gasteiger partial charge is 0.307 e. The van der Waals surface area contributed by atoms with Crippen molar-refractivity contribution in [2.24, 2.45) is 0 Å². The van der Waals surface area contributed by atoms with Crippen LogP contribution in [0.15, 0.2) is 30.3 Å². The minimum absolute atomic E-state index is 0.220. The van der Waals surface area contributed by atoms with Crippen molar-refractivity contribution in [1.82, 2.24) is 5.32 Å². The molecule has 0 fully saturated rings. The van der Waals surface area contributed by atoms with Crippen molar-refractivity contribution < 1.29 is 9.53 Å². The Morgan fingerprint density at radius 1 is 1.35 bits per heavy atom. The highest BCUT2D eigenvalue weighted by atomic mass is 32.1. The summed E-state index contributed by atoms with van der Waals surface area (Å²) in [6.45, 7) is 2.66. The Bertz CT molecular complexity index is 368. The monoisotopic (exact) mass is 252 g/mol. The van der Waals surface area contributed by atoms with Gasteiger partial charge in [-0.05, 0) is 31.3 Å². The van der Waals surface area contributed by atoms with Gasteiger partial charge in [-0.3, -0.25) is 4.79 Å². The number of esters is 1. The highest BCUT2D eigenvalue weighted by Crippen LogP contribution is 2.04. The molecule has 1 aromatic rings. The lowest BCUT2D eigenvalue weighted by Crippen LogP contribution is -2.30. The van der Waals surface area contributed by atoms with E-state index >= 15 is 0 Å². The van der Waals surface area contributed by atoms with Crippen LogP contribution in [0.3, 0.4) is 0 Å². The molecule has 0 unspecified atom stereocenters. The minimum atomic E-state index is -0.220. The van der Waals surface area contributed by atoms with E-state index in [1.807, 2.05) is 30.3 Å². The van der Waals surface area contributed by atoms with Crippen LogP contribution < -0.4 is 10.6 Å². The van der Waals surface area contributed by atoms with Gasteiger partial charge in [0.05, 0.1) is 13.0 Å². The lowest BCUT2D eigenvalue weighted by molar-refractivity contribution is -0.142. The number of anilines is 1. The second kappa shape index (κ2) is 7.62. The average molecular weight is 252 g/mol. The number of benzene rings is 1. The maximum Gasteiger partial charge on any atom is 0.307 e. The number of hydrogen-bond donors (Lipinski definition) is 2. The predicted molar refractivity (Wildman–Crippen MR) is 71.9 cm³/mol. The molecule has 1 rings (SSSR count). The molecule has 0 aliphatic rings. The SMILES string of the molecule is CCOC(=O)CCNC(=S)Nc1ccccc1. The Hall–Kier alpha value is -1.62. The Kier molecular flexibility index (Phi) is 6.03. The van der Waals surface area contributed by atoms with Gasteiger partial charge in [0.15, 0.2) is 5.11 Å². The predicted octanol–water partition coefficient (Wildman–Crippen LogP) is 1.93. The number of carbonyl (C=O) groups is 1. The van der Waals surface area contributed by atoms with E-state index in [0.29, 0.717) is 24.7 Å². The van der Waals surface area contributed by atoms with Gasteiger partial charge < -0.3 is 15.4 Å². The first-order valence-corrected chi connectivity index (χ1v) is 5.88. The summed E-state index contributed by atoms with van der Waals surface area (Å²) in [5.74, 6) is -0.220. The molecular formula is C12H16N2O2S. The van der Waals surface area contributed by atoms with Crippen LogP contribution in [0.1, 0.15) is 13.3 Å². The van der Waals surface area contributed by atoms with Crippen molar-refractivity contribution in [3.8, 4) is 0 Å². The summed E-state index contributed by atoms with van der Waals surface area (Å²) in [5.41, 5.74) is 0.918. The van der Waals surface area contributed by atoms with Gasteiger partial charge in [0.1, 0.15) is 0 Å². The fourth-order valence-corrected chi connectivity index (χ4v) is 1.43. The first kappa shape index (κ1) is 13.4. The molecule has 0 amide bonds. The first-order chi connectivity index (χ1) is 8.22. The van der Waals surface area contributed by atoms with E-state index in [1.165, 1.54) is 0 Å². The molecule has 0 bridgehead atoms. The van der Waals surface area contributed by atoms with Gasteiger partial charge in [-0.2, -0.15) is 0 Å². The van der Waals surface area contributed by atoms with E-state index in [2.05, 4.69) is 10.6 Å². The van der Waals surface area contributed by atoms with E-state index < -0.39 is 0 Å². The van der Waals surface area contributed by atoms with E-state index in [-0.39, 0.29) is 5.97 Å². The van der Waals surface area contributed by atoms with E-state index in [0.717, 1.165) is 5.69 Å². The van der Waals surface area contributed by atoms with Gasteiger partial charge in [0.25, 0.3) is 0 Å². The zero-order valence-electron chi connectivity index (χ0n) is 9.73. The van der Waals surface area contributed by atoms with Crippen LogP contribution in [0, 0.1) is 0 Å². The van der Waals surface area contributed by atoms with Gasteiger partial charge in [-0.1, -0.05) is 18.2 Å². The van der Waals surface area contributed by atoms with Crippen molar-refractivity contribution in [1.29, 1.82) is 0 Å². The molecule has 5 heteroatoms. The number of thiocarbonyl (C=S) groups is 1. The van der Waals surface area contributed by atoms with Gasteiger partial charge in [-0.15, -0.1) is 0 Å². The van der Waals surface area contributed by atoms with E-state index in [9.17, 15) is 4.79 Å². The molecule has 0 heterocycles. The molecule has 92 valence electrons. The van der Waals surface area contributed by atoms with Crippen LogP contribution in [0.4, 0.5) is 5.69 Å². The molecule has 0 spiro atoms. The fraction of sp³-hybridized carbons (Fsp3) is 0.333. The van der Waals surface area contributed by atoms with Crippen molar-refractivity contribution in [3.05, 3.63) is 30.3 Å². The van der Waals surface area contributed by atoms with Crippen LogP contribution in [0.2, 0.25) is 0 Å². The molecule has 2 N–H and O–H groups in total. The largest absolute Gasteiger partial charge is 0.466 e. The fourth-order valence-electron chi connectivity index (χ4n) is 1.21. The molecule has 1 aromatic carbocycles. The van der Waals surface area contributed by atoms with Crippen LogP contribution in [0.25, 0.3) is 0 Å². The number of carbonyl (C=O) groups excluding carboxylic acids is 1. The molecular weight excluding hydrogens is 236 g/mol. The lowest BCUT2D eigenvalue weighted by Gasteiger charge is -2.09.